The molecular weight excluding hydrogens is 192 g/mol. The van der Waals surface area contributed by atoms with E-state index in [0.29, 0.717) is 12.4 Å². The third kappa shape index (κ3) is 1.92. The van der Waals surface area contributed by atoms with E-state index in [0.717, 1.165) is 18.4 Å². The Morgan fingerprint density at radius 1 is 1.53 bits per heavy atom. The molecule has 80 valence electrons. The Morgan fingerprint density at radius 2 is 2.40 bits per heavy atom. The van der Waals surface area contributed by atoms with Gasteiger partial charge in [0, 0.05) is 6.20 Å². The van der Waals surface area contributed by atoms with Crippen molar-refractivity contribution in [2.45, 2.75) is 12.8 Å². The first kappa shape index (κ1) is 9.92. The van der Waals surface area contributed by atoms with Gasteiger partial charge in [-0.05, 0) is 31.0 Å². The number of nitrogens with zero attached hydrogens (tertiary/aromatic N) is 3. The van der Waals surface area contributed by atoms with Gasteiger partial charge in [-0.2, -0.15) is 10.1 Å². The lowest BCUT2D eigenvalue weighted by molar-refractivity contribution is 0.399. The minimum atomic E-state index is 0.601. The lowest BCUT2D eigenvalue weighted by Crippen LogP contribution is -1.99. The molecule has 0 bridgehead atoms. The summed E-state index contributed by atoms with van der Waals surface area (Å²) in [5, 5.41) is 4.11. The van der Waals surface area contributed by atoms with Crippen molar-refractivity contribution in [3.63, 3.8) is 0 Å². The van der Waals surface area contributed by atoms with Crippen LogP contribution in [-0.4, -0.2) is 28.3 Å². The summed E-state index contributed by atoms with van der Waals surface area (Å²) in [5.41, 5.74) is 7.57. The average molecular weight is 206 g/mol. The Balaban J connectivity index is 2.37. The smallest absolute Gasteiger partial charge is 0.241 e. The summed E-state index contributed by atoms with van der Waals surface area (Å²) >= 11 is 0. The molecule has 0 aliphatic rings. The van der Waals surface area contributed by atoms with Crippen LogP contribution in [0.3, 0.4) is 0 Å². The van der Waals surface area contributed by atoms with Crippen LogP contribution in [0.4, 0.5) is 0 Å². The average Bonchev–Trinajstić information content (AvgIpc) is 2.68. The molecule has 0 aliphatic carbocycles. The number of hydrogen-bond donors (Lipinski definition) is 1. The molecule has 0 atom stereocenters. The highest BCUT2D eigenvalue weighted by Gasteiger charge is 2.06. The number of methoxy groups -OCH3 is 1. The fraction of sp³-hybridized carbons (Fsp3) is 0.400. The van der Waals surface area contributed by atoms with Crippen molar-refractivity contribution < 1.29 is 4.74 Å². The van der Waals surface area contributed by atoms with Crippen molar-refractivity contribution in [2.24, 2.45) is 5.73 Å². The first-order chi connectivity index (χ1) is 7.35. The van der Waals surface area contributed by atoms with Gasteiger partial charge >= 0.3 is 0 Å². The van der Waals surface area contributed by atoms with E-state index in [1.807, 2.05) is 12.3 Å². The first-order valence-electron chi connectivity index (χ1n) is 4.91. The summed E-state index contributed by atoms with van der Waals surface area (Å²) in [5.74, 6) is 0.601. The minimum absolute atomic E-state index is 0.601. The van der Waals surface area contributed by atoms with Gasteiger partial charge in [-0.1, -0.05) is 0 Å². The van der Waals surface area contributed by atoms with E-state index in [1.54, 1.807) is 11.6 Å². The Hall–Kier alpha value is -1.62. The zero-order chi connectivity index (χ0) is 10.7. The van der Waals surface area contributed by atoms with Crippen LogP contribution < -0.4 is 10.5 Å². The maximum absolute atomic E-state index is 5.47. The largest absolute Gasteiger partial charge is 0.479 e. The minimum Gasteiger partial charge on any atom is -0.479 e. The van der Waals surface area contributed by atoms with Crippen molar-refractivity contribution >= 4 is 5.52 Å². The standard InChI is InChI=1S/C10H14N4O/c1-15-10-9-5-8(3-2-4-11)6-14(9)13-7-12-10/h5-7H,2-4,11H2,1H3. The number of ether oxygens (including phenoxy) is 1. The van der Waals surface area contributed by atoms with Crippen LogP contribution >= 0.6 is 0 Å². The van der Waals surface area contributed by atoms with Gasteiger partial charge in [0.25, 0.3) is 0 Å². The fourth-order valence-electron chi connectivity index (χ4n) is 1.56. The number of aryl methyl sites for hydroxylation is 1. The monoisotopic (exact) mass is 206 g/mol. The lowest BCUT2D eigenvalue weighted by Gasteiger charge is -1.98. The number of rotatable bonds is 4. The third-order valence-electron chi connectivity index (χ3n) is 2.29. The Labute approximate surface area is 87.9 Å². The van der Waals surface area contributed by atoms with Crippen LogP contribution in [0.1, 0.15) is 12.0 Å². The van der Waals surface area contributed by atoms with Crippen LogP contribution in [0.25, 0.3) is 5.52 Å². The zero-order valence-electron chi connectivity index (χ0n) is 8.68. The highest BCUT2D eigenvalue weighted by molar-refractivity contribution is 5.57. The van der Waals surface area contributed by atoms with Crippen LogP contribution in [-0.2, 0) is 6.42 Å². The van der Waals surface area contributed by atoms with E-state index in [9.17, 15) is 0 Å². The topological polar surface area (TPSA) is 65.4 Å². The van der Waals surface area contributed by atoms with E-state index < -0.39 is 0 Å². The summed E-state index contributed by atoms with van der Waals surface area (Å²) in [6.45, 7) is 0.703. The number of aromatic nitrogens is 3. The van der Waals surface area contributed by atoms with Crippen LogP contribution in [0.2, 0.25) is 0 Å². The van der Waals surface area contributed by atoms with E-state index >= 15 is 0 Å². The van der Waals surface area contributed by atoms with Gasteiger partial charge in [-0.3, -0.25) is 0 Å². The molecular formula is C10H14N4O. The normalized spacial score (nSPS) is 10.8. The molecule has 15 heavy (non-hydrogen) atoms. The lowest BCUT2D eigenvalue weighted by atomic mass is 10.2. The molecule has 0 amide bonds. The number of fused-ring (bicyclic) bond motifs is 1. The molecule has 5 heteroatoms. The van der Waals surface area contributed by atoms with Crippen LogP contribution in [0, 0.1) is 0 Å². The van der Waals surface area contributed by atoms with Crippen LogP contribution in [0.15, 0.2) is 18.6 Å². The molecule has 2 aromatic rings. The Bertz CT molecular complexity index is 452. The van der Waals surface area contributed by atoms with Crippen molar-refractivity contribution in [2.75, 3.05) is 13.7 Å². The highest BCUT2D eigenvalue weighted by Crippen LogP contribution is 2.18. The molecule has 0 fully saturated rings. The van der Waals surface area contributed by atoms with Gasteiger partial charge in [-0.25, -0.2) is 4.52 Å². The summed E-state index contributed by atoms with van der Waals surface area (Å²) in [6, 6.07) is 2.04. The second kappa shape index (κ2) is 4.27. The van der Waals surface area contributed by atoms with E-state index in [2.05, 4.69) is 10.1 Å². The number of nitrogens with two attached hydrogens (primary N) is 1. The molecule has 0 saturated heterocycles. The van der Waals surface area contributed by atoms with Crippen molar-refractivity contribution in [3.8, 4) is 5.88 Å². The molecule has 2 aromatic heterocycles. The first-order valence-corrected chi connectivity index (χ1v) is 4.91. The summed E-state index contributed by atoms with van der Waals surface area (Å²) in [6.07, 6.45) is 5.41. The molecule has 0 aromatic carbocycles. The van der Waals surface area contributed by atoms with Gasteiger partial charge in [0.1, 0.15) is 11.8 Å². The quantitative estimate of drug-likeness (QED) is 0.796. The van der Waals surface area contributed by atoms with Crippen molar-refractivity contribution in [1.82, 2.24) is 14.6 Å². The van der Waals surface area contributed by atoms with E-state index in [1.165, 1.54) is 11.9 Å². The fourth-order valence-corrected chi connectivity index (χ4v) is 1.56. The zero-order valence-corrected chi connectivity index (χ0v) is 8.68. The maximum Gasteiger partial charge on any atom is 0.241 e. The van der Waals surface area contributed by atoms with E-state index in [-0.39, 0.29) is 0 Å². The van der Waals surface area contributed by atoms with Gasteiger partial charge in [-0.15, -0.1) is 0 Å². The SMILES string of the molecule is COc1ncnn2cc(CCCN)cc12. The second-order valence-electron chi connectivity index (χ2n) is 3.34. The second-order valence-corrected chi connectivity index (χ2v) is 3.34. The Kier molecular flexibility index (Phi) is 2.82. The predicted octanol–water partition coefficient (Wildman–Crippen LogP) is 0.629. The molecule has 5 nitrogen and oxygen atoms in total. The molecule has 0 saturated carbocycles. The van der Waals surface area contributed by atoms with Crippen molar-refractivity contribution in [1.29, 1.82) is 0 Å². The maximum atomic E-state index is 5.47. The summed E-state index contributed by atoms with van der Waals surface area (Å²) in [7, 11) is 1.61. The summed E-state index contributed by atoms with van der Waals surface area (Å²) in [4.78, 5) is 4.04. The van der Waals surface area contributed by atoms with Gasteiger partial charge in [0.2, 0.25) is 5.88 Å². The molecule has 0 radical (unpaired) electrons. The molecule has 0 aliphatic heterocycles. The Morgan fingerprint density at radius 3 is 3.13 bits per heavy atom. The van der Waals surface area contributed by atoms with Crippen LogP contribution in [0.5, 0.6) is 5.88 Å². The summed E-state index contributed by atoms with van der Waals surface area (Å²) < 4.78 is 6.92. The number of hydrogen-bond acceptors (Lipinski definition) is 4. The van der Waals surface area contributed by atoms with Gasteiger partial charge < -0.3 is 10.5 Å². The third-order valence-corrected chi connectivity index (χ3v) is 2.29. The molecule has 2 heterocycles. The molecule has 2 N–H and O–H groups in total. The van der Waals surface area contributed by atoms with Gasteiger partial charge in [0.15, 0.2) is 0 Å². The highest BCUT2D eigenvalue weighted by atomic mass is 16.5. The predicted molar refractivity (Wildman–Crippen MR) is 56.9 cm³/mol. The molecule has 2 rings (SSSR count). The van der Waals surface area contributed by atoms with Crippen molar-refractivity contribution in [3.05, 3.63) is 24.2 Å². The van der Waals surface area contributed by atoms with E-state index in [4.69, 9.17) is 10.5 Å². The molecule has 0 unspecified atom stereocenters. The van der Waals surface area contributed by atoms with Gasteiger partial charge in [0.05, 0.1) is 7.11 Å². The molecule has 0 spiro atoms.